The average molecular weight is 225 g/mol. The summed E-state index contributed by atoms with van der Waals surface area (Å²) in [6.45, 7) is 6.10. The van der Waals surface area contributed by atoms with Crippen LogP contribution in [0.3, 0.4) is 0 Å². The standard InChI is InChI=1S/C14H27NO/c1-3-11-15-12-10-14(2,16)13-8-6-4-5-7-9-13/h8,15-16H,3-7,9-12H2,1-2H3. The third-order valence-electron chi connectivity index (χ3n) is 3.45. The molecule has 0 saturated heterocycles. The molecule has 0 aromatic heterocycles. The van der Waals surface area contributed by atoms with Gasteiger partial charge in [0.1, 0.15) is 0 Å². The number of allylic oxidation sites excluding steroid dienone is 1. The SMILES string of the molecule is CCCNCCC(C)(O)C1=CCCCCC1. The minimum Gasteiger partial charge on any atom is -0.386 e. The zero-order chi connectivity index (χ0) is 11.9. The molecule has 2 nitrogen and oxygen atoms in total. The van der Waals surface area contributed by atoms with Gasteiger partial charge in [-0.2, -0.15) is 0 Å². The van der Waals surface area contributed by atoms with E-state index >= 15 is 0 Å². The summed E-state index contributed by atoms with van der Waals surface area (Å²) in [6.07, 6.45) is 10.3. The summed E-state index contributed by atoms with van der Waals surface area (Å²) in [7, 11) is 0. The van der Waals surface area contributed by atoms with Crippen molar-refractivity contribution in [3.8, 4) is 0 Å². The van der Waals surface area contributed by atoms with Crippen molar-refractivity contribution in [2.45, 2.75) is 64.4 Å². The lowest BCUT2D eigenvalue weighted by molar-refractivity contribution is 0.0851. The van der Waals surface area contributed by atoms with Crippen LogP contribution in [0.4, 0.5) is 0 Å². The third-order valence-corrected chi connectivity index (χ3v) is 3.45. The number of hydrogen-bond acceptors (Lipinski definition) is 2. The van der Waals surface area contributed by atoms with Crippen LogP contribution in [-0.2, 0) is 0 Å². The zero-order valence-electron chi connectivity index (χ0n) is 10.9. The number of aliphatic hydroxyl groups is 1. The van der Waals surface area contributed by atoms with Crippen molar-refractivity contribution in [3.63, 3.8) is 0 Å². The van der Waals surface area contributed by atoms with Gasteiger partial charge in [-0.3, -0.25) is 0 Å². The van der Waals surface area contributed by atoms with Crippen LogP contribution >= 0.6 is 0 Å². The molecule has 0 aliphatic heterocycles. The normalized spacial score (nSPS) is 21.1. The number of hydrogen-bond donors (Lipinski definition) is 2. The highest BCUT2D eigenvalue weighted by molar-refractivity contribution is 5.16. The van der Waals surface area contributed by atoms with Crippen molar-refractivity contribution in [3.05, 3.63) is 11.6 Å². The molecule has 1 unspecified atom stereocenters. The Hall–Kier alpha value is -0.340. The zero-order valence-corrected chi connectivity index (χ0v) is 10.9. The summed E-state index contributed by atoms with van der Waals surface area (Å²) in [5.41, 5.74) is 0.675. The lowest BCUT2D eigenvalue weighted by atomic mass is 9.89. The molecule has 1 atom stereocenters. The minimum absolute atomic E-state index is 0.592. The number of nitrogens with one attached hydrogen (secondary N) is 1. The first-order chi connectivity index (χ1) is 7.67. The first-order valence-electron chi connectivity index (χ1n) is 6.79. The summed E-state index contributed by atoms with van der Waals surface area (Å²) in [6, 6.07) is 0. The Balaban J connectivity index is 2.38. The molecule has 0 aromatic rings. The van der Waals surface area contributed by atoms with Gasteiger partial charge in [0.25, 0.3) is 0 Å². The average Bonchev–Trinajstić information content (AvgIpc) is 2.53. The van der Waals surface area contributed by atoms with E-state index in [4.69, 9.17) is 0 Å². The maximum atomic E-state index is 10.5. The van der Waals surface area contributed by atoms with Crippen LogP contribution in [-0.4, -0.2) is 23.8 Å². The van der Waals surface area contributed by atoms with E-state index in [-0.39, 0.29) is 0 Å². The molecule has 0 heterocycles. The molecule has 2 heteroatoms. The highest BCUT2D eigenvalue weighted by atomic mass is 16.3. The molecule has 2 N–H and O–H groups in total. The van der Waals surface area contributed by atoms with Gasteiger partial charge in [0, 0.05) is 0 Å². The van der Waals surface area contributed by atoms with Crippen LogP contribution in [0.1, 0.15) is 58.8 Å². The van der Waals surface area contributed by atoms with E-state index in [1.54, 1.807) is 0 Å². The second kappa shape index (κ2) is 7.08. The Morgan fingerprint density at radius 1 is 1.31 bits per heavy atom. The van der Waals surface area contributed by atoms with Crippen LogP contribution in [0.5, 0.6) is 0 Å². The van der Waals surface area contributed by atoms with Gasteiger partial charge in [0.2, 0.25) is 0 Å². The Kier molecular flexibility index (Phi) is 6.07. The Morgan fingerprint density at radius 2 is 2.12 bits per heavy atom. The molecule has 0 radical (unpaired) electrons. The van der Waals surface area contributed by atoms with Gasteiger partial charge >= 0.3 is 0 Å². The highest BCUT2D eigenvalue weighted by Gasteiger charge is 2.25. The molecule has 1 rings (SSSR count). The second-order valence-corrected chi connectivity index (χ2v) is 5.10. The second-order valence-electron chi connectivity index (χ2n) is 5.10. The van der Waals surface area contributed by atoms with E-state index in [9.17, 15) is 5.11 Å². The smallest absolute Gasteiger partial charge is 0.0840 e. The Labute approximate surface area is 100 Å². The van der Waals surface area contributed by atoms with Crippen molar-refractivity contribution < 1.29 is 5.11 Å². The fraction of sp³-hybridized carbons (Fsp3) is 0.857. The van der Waals surface area contributed by atoms with Crippen molar-refractivity contribution in [2.75, 3.05) is 13.1 Å². The molecule has 0 saturated carbocycles. The highest BCUT2D eigenvalue weighted by Crippen LogP contribution is 2.28. The summed E-state index contributed by atoms with van der Waals surface area (Å²) in [5.74, 6) is 0. The molecule has 1 aliphatic carbocycles. The van der Waals surface area contributed by atoms with E-state index in [2.05, 4.69) is 18.3 Å². The molecule has 0 spiro atoms. The van der Waals surface area contributed by atoms with E-state index in [1.165, 1.54) is 24.8 Å². The summed E-state index contributed by atoms with van der Waals surface area (Å²) >= 11 is 0. The molecule has 0 bridgehead atoms. The van der Waals surface area contributed by atoms with Gasteiger partial charge in [-0.05, 0) is 64.1 Å². The van der Waals surface area contributed by atoms with Gasteiger partial charge in [-0.15, -0.1) is 0 Å². The van der Waals surface area contributed by atoms with Crippen LogP contribution in [0.25, 0.3) is 0 Å². The molecule has 0 fully saturated rings. The molecule has 94 valence electrons. The van der Waals surface area contributed by atoms with E-state index in [0.717, 1.165) is 38.8 Å². The predicted molar refractivity (Wildman–Crippen MR) is 69.6 cm³/mol. The fourth-order valence-electron chi connectivity index (χ4n) is 2.30. The Morgan fingerprint density at radius 3 is 2.88 bits per heavy atom. The number of rotatable bonds is 6. The fourth-order valence-corrected chi connectivity index (χ4v) is 2.30. The molecule has 16 heavy (non-hydrogen) atoms. The van der Waals surface area contributed by atoms with Gasteiger partial charge in [0.15, 0.2) is 0 Å². The minimum atomic E-state index is -0.592. The third kappa shape index (κ3) is 4.67. The van der Waals surface area contributed by atoms with Gasteiger partial charge in [0.05, 0.1) is 5.60 Å². The van der Waals surface area contributed by atoms with E-state index in [0.29, 0.717) is 0 Å². The van der Waals surface area contributed by atoms with Crippen molar-refractivity contribution >= 4 is 0 Å². The molecular weight excluding hydrogens is 198 g/mol. The maximum absolute atomic E-state index is 10.5. The van der Waals surface area contributed by atoms with Crippen LogP contribution in [0.15, 0.2) is 11.6 Å². The molecular formula is C14H27NO. The lowest BCUT2D eigenvalue weighted by Gasteiger charge is -2.27. The van der Waals surface area contributed by atoms with E-state index in [1.807, 2.05) is 6.92 Å². The largest absolute Gasteiger partial charge is 0.386 e. The van der Waals surface area contributed by atoms with Crippen LogP contribution in [0, 0.1) is 0 Å². The summed E-state index contributed by atoms with van der Waals surface area (Å²) in [5, 5.41) is 13.8. The van der Waals surface area contributed by atoms with Crippen LogP contribution in [0.2, 0.25) is 0 Å². The molecule has 0 aromatic carbocycles. The van der Waals surface area contributed by atoms with Gasteiger partial charge in [-0.1, -0.05) is 19.4 Å². The quantitative estimate of drug-likeness (QED) is 0.538. The van der Waals surface area contributed by atoms with Crippen molar-refractivity contribution in [1.82, 2.24) is 5.32 Å². The van der Waals surface area contributed by atoms with E-state index < -0.39 is 5.60 Å². The molecule has 1 aliphatic rings. The van der Waals surface area contributed by atoms with Crippen molar-refractivity contribution in [2.24, 2.45) is 0 Å². The molecule has 0 amide bonds. The van der Waals surface area contributed by atoms with Gasteiger partial charge < -0.3 is 10.4 Å². The summed E-state index contributed by atoms with van der Waals surface area (Å²) < 4.78 is 0. The van der Waals surface area contributed by atoms with Crippen molar-refractivity contribution in [1.29, 1.82) is 0 Å². The topological polar surface area (TPSA) is 32.3 Å². The monoisotopic (exact) mass is 225 g/mol. The van der Waals surface area contributed by atoms with Crippen LogP contribution < -0.4 is 5.32 Å². The summed E-state index contributed by atoms with van der Waals surface area (Å²) in [4.78, 5) is 0. The predicted octanol–water partition coefficient (Wildman–Crippen LogP) is 3.02. The first kappa shape index (κ1) is 13.7. The Bertz CT molecular complexity index is 221. The lowest BCUT2D eigenvalue weighted by Crippen LogP contribution is -2.32. The maximum Gasteiger partial charge on any atom is 0.0840 e. The van der Waals surface area contributed by atoms with Gasteiger partial charge in [-0.25, -0.2) is 0 Å². The first-order valence-corrected chi connectivity index (χ1v) is 6.79.